The molecule has 0 aliphatic carbocycles. The number of amides is 2. The number of halogens is 2. The third kappa shape index (κ3) is 4.41. The van der Waals surface area contributed by atoms with Gasteiger partial charge >= 0.3 is 0 Å². The third-order valence-electron chi connectivity index (χ3n) is 4.60. The van der Waals surface area contributed by atoms with Gasteiger partial charge in [-0.05, 0) is 67.7 Å². The average molecular weight is 487 g/mol. The summed E-state index contributed by atoms with van der Waals surface area (Å²) in [5.74, 6) is 0.134. The highest BCUT2D eigenvalue weighted by molar-refractivity contribution is 7.80. The van der Waals surface area contributed by atoms with E-state index in [0.717, 1.165) is 0 Å². The second kappa shape index (κ2) is 9.16. The zero-order valence-corrected chi connectivity index (χ0v) is 19.1. The van der Waals surface area contributed by atoms with Crippen LogP contribution in [0.3, 0.4) is 0 Å². The van der Waals surface area contributed by atoms with E-state index in [0.29, 0.717) is 45.2 Å². The van der Waals surface area contributed by atoms with Gasteiger partial charge in [0.2, 0.25) is 0 Å². The number of ether oxygens (including phenoxy) is 1. The number of carbonyl (C=O) groups is 2. The number of nitrogens with zero attached hydrogens (tertiary/aromatic N) is 1. The van der Waals surface area contributed by atoms with Crippen molar-refractivity contribution >= 4 is 64.1 Å². The first-order valence-electron chi connectivity index (χ1n) is 9.57. The number of furan rings is 1. The summed E-state index contributed by atoms with van der Waals surface area (Å²) >= 11 is 17.5. The lowest BCUT2D eigenvalue weighted by Crippen LogP contribution is -2.54. The highest BCUT2D eigenvalue weighted by Gasteiger charge is 2.35. The van der Waals surface area contributed by atoms with Crippen molar-refractivity contribution in [2.24, 2.45) is 0 Å². The van der Waals surface area contributed by atoms with Gasteiger partial charge in [0, 0.05) is 16.7 Å². The van der Waals surface area contributed by atoms with E-state index < -0.39 is 11.8 Å². The van der Waals surface area contributed by atoms with Gasteiger partial charge in [-0.15, -0.1) is 0 Å². The van der Waals surface area contributed by atoms with E-state index in [-0.39, 0.29) is 10.7 Å². The zero-order chi connectivity index (χ0) is 22.8. The number of hydrogen-bond donors (Lipinski definition) is 1. The van der Waals surface area contributed by atoms with E-state index in [1.54, 1.807) is 54.6 Å². The van der Waals surface area contributed by atoms with Crippen molar-refractivity contribution in [3.05, 3.63) is 76.0 Å². The highest BCUT2D eigenvalue weighted by atomic mass is 35.5. The summed E-state index contributed by atoms with van der Waals surface area (Å²) in [7, 11) is 0. The van der Waals surface area contributed by atoms with Crippen molar-refractivity contribution in [1.29, 1.82) is 0 Å². The molecule has 6 nitrogen and oxygen atoms in total. The fourth-order valence-corrected chi connectivity index (χ4v) is 3.84. The van der Waals surface area contributed by atoms with E-state index in [1.807, 2.05) is 6.92 Å². The second-order valence-electron chi connectivity index (χ2n) is 6.71. The fourth-order valence-electron chi connectivity index (χ4n) is 3.17. The molecule has 0 saturated carbocycles. The highest BCUT2D eigenvalue weighted by Crippen LogP contribution is 2.33. The molecule has 0 atom stereocenters. The van der Waals surface area contributed by atoms with Gasteiger partial charge in [-0.25, -0.2) is 0 Å². The molecule has 1 aromatic heterocycles. The van der Waals surface area contributed by atoms with Crippen LogP contribution >= 0.6 is 35.4 Å². The van der Waals surface area contributed by atoms with Crippen molar-refractivity contribution in [1.82, 2.24) is 5.32 Å². The molecule has 3 aromatic rings. The van der Waals surface area contributed by atoms with Crippen molar-refractivity contribution in [2.45, 2.75) is 6.92 Å². The molecule has 0 unspecified atom stereocenters. The quantitative estimate of drug-likeness (QED) is 0.293. The van der Waals surface area contributed by atoms with Crippen LogP contribution in [0.4, 0.5) is 5.69 Å². The molecule has 1 aliphatic heterocycles. The molecule has 1 aliphatic rings. The second-order valence-corrected chi connectivity index (χ2v) is 7.94. The standard InChI is InChI=1S/C23H16Cl2N2O4S/c1-2-30-15-5-3-4-14(11-15)27-22(29)18(21(28)26-23(27)32)12-16-7-9-20(31-16)17-10-13(24)6-8-19(17)25/h3-12H,2H2,1H3,(H,26,28,32)/b18-12+. The van der Waals surface area contributed by atoms with Gasteiger partial charge in [-0.3, -0.25) is 19.8 Å². The van der Waals surface area contributed by atoms with E-state index in [4.69, 9.17) is 44.6 Å². The maximum absolute atomic E-state index is 13.2. The molecular weight excluding hydrogens is 471 g/mol. The predicted molar refractivity (Wildman–Crippen MR) is 128 cm³/mol. The Morgan fingerprint density at radius 2 is 1.94 bits per heavy atom. The average Bonchev–Trinajstić information content (AvgIpc) is 3.22. The molecular formula is C23H16Cl2N2O4S. The molecule has 162 valence electrons. The molecule has 0 spiro atoms. The molecule has 0 bridgehead atoms. The Balaban J connectivity index is 1.67. The minimum Gasteiger partial charge on any atom is -0.494 e. The molecule has 32 heavy (non-hydrogen) atoms. The summed E-state index contributed by atoms with van der Waals surface area (Å²) in [5, 5.41) is 3.49. The third-order valence-corrected chi connectivity index (χ3v) is 5.45. The van der Waals surface area contributed by atoms with Gasteiger partial charge in [0.25, 0.3) is 11.8 Å². The maximum atomic E-state index is 13.2. The number of rotatable bonds is 5. The number of thiocarbonyl (C=S) groups is 1. The Labute approximate surface area is 199 Å². The summed E-state index contributed by atoms with van der Waals surface area (Å²) in [6.07, 6.45) is 1.36. The Hall–Kier alpha value is -3.13. The fraction of sp³-hybridized carbons (Fsp3) is 0.0870. The molecule has 1 saturated heterocycles. The molecule has 1 N–H and O–H groups in total. The van der Waals surface area contributed by atoms with E-state index in [1.165, 1.54) is 11.0 Å². The lowest BCUT2D eigenvalue weighted by atomic mass is 10.1. The lowest BCUT2D eigenvalue weighted by molar-refractivity contribution is -0.122. The van der Waals surface area contributed by atoms with Gasteiger partial charge in [0.05, 0.1) is 17.3 Å². The smallest absolute Gasteiger partial charge is 0.270 e. The van der Waals surface area contributed by atoms with E-state index in [2.05, 4.69) is 5.32 Å². The molecule has 2 amide bonds. The monoisotopic (exact) mass is 486 g/mol. The first kappa shape index (κ1) is 22.1. The van der Waals surface area contributed by atoms with Crippen LogP contribution in [0.15, 0.2) is 64.6 Å². The van der Waals surface area contributed by atoms with Gasteiger partial charge < -0.3 is 9.15 Å². The Morgan fingerprint density at radius 3 is 2.72 bits per heavy atom. The molecule has 2 heterocycles. The van der Waals surface area contributed by atoms with Crippen LogP contribution in [-0.2, 0) is 9.59 Å². The lowest BCUT2D eigenvalue weighted by Gasteiger charge is -2.29. The summed E-state index contributed by atoms with van der Waals surface area (Å²) in [5.41, 5.74) is 0.944. The Kier molecular flexibility index (Phi) is 6.32. The molecule has 9 heteroatoms. The Bertz CT molecular complexity index is 1270. The van der Waals surface area contributed by atoms with E-state index in [9.17, 15) is 9.59 Å². The summed E-state index contributed by atoms with van der Waals surface area (Å²) in [4.78, 5) is 26.9. The Morgan fingerprint density at radius 1 is 1.12 bits per heavy atom. The van der Waals surface area contributed by atoms with Gasteiger partial charge in [0.15, 0.2) is 5.11 Å². The minimum atomic E-state index is -0.615. The van der Waals surface area contributed by atoms with Crippen LogP contribution in [0.5, 0.6) is 5.75 Å². The first-order chi connectivity index (χ1) is 15.4. The number of anilines is 1. The van der Waals surface area contributed by atoms with Crippen LogP contribution < -0.4 is 15.0 Å². The van der Waals surface area contributed by atoms with Crippen molar-refractivity contribution < 1.29 is 18.7 Å². The van der Waals surface area contributed by atoms with Crippen LogP contribution in [0.1, 0.15) is 12.7 Å². The van der Waals surface area contributed by atoms with Crippen molar-refractivity contribution in [2.75, 3.05) is 11.5 Å². The normalized spacial score (nSPS) is 15.3. The van der Waals surface area contributed by atoms with Gasteiger partial charge in [-0.2, -0.15) is 0 Å². The van der Waals surface area contributed by atoms with Crippen LogP contribution in [0, 0.1) is 0 Å². The van der Waals surface area contributed by atoms with E-state index >= 15 is 0 Å². The van der Waals surface area contributed by atoms with Crippen LogP contribution in [0.2, 0.25) is 10.0 Å². The summed E-state index contributed by atoms with van der Waals surface area (Å²) < 4.78 is 11.3. The number of carbonyl (C=O) groups excluding carboxylic acids is 2. The van der Waals surface area contributed by atoms with Crippen LogP contribution in [0.25, 0.3) is 17.4 Å². The minimum absolute atomic E-state index is 0.0170. The summed E-state index contributed by atoms with van der Waals surface area (Å²) in [6.45, 7) is 2.33. The van der Waals surface area contributed by atoms with Crippen molar-refractivity contribution in [3.8, 4) is 17.1 Å². The van der Waals surface area contributed by atoms with Gasteiger partial charge in [0.1, 0.15) is 22.8 Å². The maximum Gasteiger partial charge on any atom is 0.270 e. The topological polar surface area (TPSA) is 71.8 Å². The van der Waals surface area contributed by atoms with Gasteiger partial charge in [-0.1, -0.05) is 29.3 Å². The zero-order valence-electron chi connectivity index (χ0n) is 16.7. The molecule has 4 rings (SSSR count). The first-order valence-corrected chi connectivity index (χ1v) is 10.7. The van der Waals surface area contributed by atoms with Crippen LogP contribution in [-0.4, -0.2) is 23.5 Å². The number of nitrogens with one attached hydrogen (secondary N) is 1. The number of benzene rings is 2. The summed E-state index contributed by atoms with van der Waals surface area (Å²) in [6, 6.07) is 15.2. The largest absolute Gasteiger partial charge is 0.494 e. The molecule has 0 radical (unpaired) electrons. The SMILES string of the molecule is CCOc1cccc(N2C(=O)/C(=C/c3ccc(-c4cc(Cl)ccc4Cl)o3)C(=O)NC2=S)c1. The molecule has 2 aromatic carbocycles. The number of hydrogen-bond acceptors (Lipinski definition) is 5. The molecule has 1 fully saturated rings. The predicted octanol–water partition coefficient (Wildman–Crippen LogP) is 5.48. The van der Waals surface area contributed by atoms with Crippen molar-refractivity contribution in [3.63, 3.8) is 0 Å².